The van der Waals surface area contributed by atoms with Crippen molar-refractivity contribution in [3.8, 4) is 0 Å². The fourth-order valence-electron chi connectivity index (χ4n) is 3.75. The molecule has 2 aromatic rings. The summed E-state index contributed by atoms with van der Waals surface area (Å²) in [5.41, 5.74) is 1.67. The fraction of sp³-hybridized carbons (Fsp3) is 0.417. The molecule has 8 heteroatoms. The molecule has 0 spiro atoms. The lowest BCUT2D eigenvalue weighted by Gasteiger charge is -2.20. The zero-order valence-electron chi connectivity index (χ0n) is 18.7. The quantitative estimate of drug-likeness (QED) is 0.658. The van der Waals surface area contributed by atoms with E-state index in [2.05, 4.69) is 10.6 Å². The van der Waals surface area contributed by atoms with Crippen LogP contribution in [-0.4, -0.2) is 44.2 Å². The van der Waals surface area contributed by atoms with E-state index in [9.17, 15) is 18.0 Å². The molecule has 0 aliphatic carbocycles. The van der Waals surface area contributed by atoms with E-state index >= 15 is 0 Å². The van der Waals surface area contributed by atoms with Gasteiger partial charge in [0.15, 0.2) is 0 Å². The Morgan fingerprint density at radius 2 is 1.62 bits per heavy atom. The normalized spacial score (nSPS) is 15.1. The maximum atomic E-state index is 13.2. The van der Waals surface area contributed by atoms with Gasteiger partial charge >= 0.3 is 0 Å². The molecule has 1 heterocycles. The smallest absolute Gasteiger partial charge is 0.255 e. The van der Waals surface area contributed by atoms with Crippen molar-refractivity contribution in [1.29, 1.82) is 0 Å². The van der Waals surface area contributed by atoms with Crippen molar-refractivity contribution in [3.63, 3.8) is 0 Å². The highest BCUT2D eigenvalue weighted by molar-refractivity contribution is 7.89. The lowest BCUT2D eigenvalue weighted by molar-refractivity contribution is 0.0954. The molecule has 0 unspecified atom stereocenters. The summed E-state index contributed by atoms with van der Waals surface area (Å²) in [6, 6.07) is 11.4. The molecule has 0 radical (unpaired) electrons. The Kier molecular flexibility index (Phi) is 8.04. The summed E-state index contributed by atoms with van der Waals surface area (Å²) >= 11 is 0. The van der Waals surface area contributed by atoms with Crippen LogP contribution in [0.15, 0.2) is 47.4 Å². The number of hydrogen-bond donors (Lipinski definition) is 2. The van der Waals surface area contributed by atoms with E-state index in [0.29, 0.717) is 36.4 Å². The van der Waals surface area contributed by atoms with E-state index in [1.807, 2.05) is 6.92 Å². The summed E-state index contributed by atoms with van der Waals surface area (Å²) in [5.74, 6) is -0.719. The lowest BCUT2D eigenvalue weighted by atomic mass is 10.1. The van der Waals surface area contributed by atoms with Gasteiger partial charge in [0.1, 0.15) is 0 Å². The van der Waals surface area contributed by atoms with Crippen LogP contribution in [0.4, 0.5) is 5.69 Å². The van der Waals surface area contributed by atoms with Crippen LogP contribution in [0.1, 0.15) is 65.3 Å². The first kappa shape index (κ1) is 23.9. The van der Waals surface area contributed by atoms with Crippen molar-refractivity contribution >= 4 is 27.5 Å². The first-order valence-corrected chi connectivity index (χ1v) is 12.6. The number of nitrogens with one attached hydrogen (secondary N) is 2. The molecule has 3 rings (SSSR count). The summed E-state index contributed by atoms with van der Waals surface area (Å²) < 4.78 is 27.9. The second kappa shape index (κ2) is 10.7. The van der Waals surface area contributed by atoms with Crippen molar-refractivity contribution in [1.82, 2.24) is 9.62 Å². The van der Waals surface area contributed by atoms with Gasteiger partial charge < -0.3 is 10.6 Å². The maximum Gasteiger partial charge on any atom is 0.255 e. The van der Waals surface area contributed by atoms with Gasteiger partial charge in [0.05, 0.1) is 16.1 Å². The summed E-state index contributed by atoms with van der Waals surface area (Å²) in [5, 5.41) is 5.59. The minimum atomic E-state index is -3.67. The van der Waals surface area contributed by atoms with Gasteiger partial charge in [0.25, 0.3) is 11.8 Å². The Balaban J connectivity index is 1.86. The molecule has 1 fully saturated rings. The summed E-state index contributed by atoms with van der Waals surface area (Å²) in [6.45, 7) is 5.26. The third-order valence-corrected chi connectivity index (χ3v) is 7.51. The van der Waals surface area contributed by atoms with Crippen LogP contribution < -0.4 is 10.6 Å². The second-order valence-corrected chi connectivity index (χ2v) is 9.99. The van der Waals surface area contributed by atoms with E-state index in [0.717, 1.165) is 32.1 Å². The van der Waals surface area contributed by atoms with Crippen LogP contribution in [0.2, 0.25) is 0 Å². The van der Waals surface area contributed by atoms with Crippen molar-refractivity contribution in [3.05, 3.63) is 59.2 Å². The van der Waals surface area contributed by atoms with E-state index in [-0.39, 0.29) is 16.4 Å². The van der Waals surface area contributed by atoms with Gasteiger partial charge in [-0.1, -0.05) is 38.0 Å². The standard InChI is InChI=1S/C24H31N3O4S/c1-3-14-25-23(28)20-10-6-7-11-22(20)26-24(29)21-17-19(13-12-18(21)2)32(30,31)27-15-8-4-5-9-16-27/h6-7,10-13,17H,3-5,8-9,14-16H2,1-2H3,(H,25,28)(H,26,29). The van der Waals surface area contributed by atoms with Crippen molar-refractivity contribution < 1.29 is 18.0 Å². The molecule has 172 valence electrons. The molecular formula is C24H31N3O4S. The molecule has 0 bridgehead atoms. The summed E-state index contributed by atoms with van der Waals surface area (Å²) in [7, 11) is -3.67. The van der Waals surface area contributed by atoms with E-state index < -0.39 is 15.9 Å². The Bertz CT molecular complexity index is 1070. The monoisotopic (exact) mass is 457 g/mol. The number of anilines is 1. The molecule has 0 atom stereocenters. The molecule has 0 aromatic heterocycles. The molecule has 7 nitrogen and oxygen atoms in total. The highest BCUT2D eigenvalue weighted by Crippen LogP contribution is 2.24. The minimum absolute atomic E-state index is 0.115. The summed E-state index contributed by atoms with van der Waals surface area (Å²) in [4.78, 5) is 25.6. The van der Waals surface area contributed by atoms with Crippen LogP contribution >= 0.6 is 0 Å². The van der Waals surface area contributed by atoms with Crippen LogP contribution in [0.3, 0.4) is 0 Å². The number of carbonyl (C=O) groups excluding carboxylic acids is 2. The number of rotatable bonds is 7. The Morgan fingerprint density at radius 1 is 0.938 bits per heavy atom. The number of hydrogen-bond acceptors (Lipinski definition) is 4. The minimum Gasteiger partial charge on any atom is -0.352 e. The first-order chi connectivity index (χ1) is 15.3. The Hall–Kier alpha value is -2.71. The fourth-order valence-corrected chi connectivity index (χ4v) is 5.29. The van der Waals surface area contributed by atoms with E-state index in [4.69, 9.17) is 0 Å². The van der Waals surface area contributed by atoms with E-state index in [1.165, 1.54) is 10.4 Å². The molecule has 1 saturated heterocycles. The summed E-state index contributed by atoms with van der Waals surface area (Å²) in [6.07, 6.45) is 4.54. The number of para-hydroxylation sites is 1. The van der Waals surface area contributed by atoms with Gasteiger partial charge in [0, 0.05) is 25.2 Å². The highest BCUT2D eigenvalue weighted by Gasteiger charge is 2.26. The maximum absolute atomic E-state index is 13.2. The van der Waals surface area contributed by atoms with Crippen LogP contribution in [0.5, 0.6) is 0 Å². The Morgan fingerprint density at radius 3 is 2.31 bits per heavy atom. The molecular weight excluding hydrogens is 426 g/mol. The van der Waals surface area contributed by atoms with Crippen LogP contribution in [0.25, 0.3) is 0 Å². The molecule has 1 aliphatic rings. The molecule has 2 aromatic carbocycles. The zero-order chi connectivity index (χ0) is 23.1. The number of benzene rings is 2. The lowest BCUT2D eigenvalue weighted by Crippen LogP contribution is -2.32. The highest BCUT2D eigenvalue weighted by atomic mass is 32.2. The number of carbonyl (C=O) groups is 2. The topological polar surface area (TPSA) is 95.6 Å². The van der Waals surface area contributed by atoms with Gasteiger partial charge in [-0.2, -0.15) is 4.31 Å². The second-order valence-electron chi connectivity index (χ2n) is 8.05. The predicted molar refractivity (Wildman–Crippen MR) is 125 cm³/mol. The van der Waals surface area contributed by atoms with Crippen LogP contribution in [-0.2, 0) is 10.0 Å². The molecule has 1 aliphatic heterocycles. The third kappa shape index (κ3) is 5.55. The molecule has 32 heavy (non-hydrogen) atoms. The largest absolute Gasteiger partial charge is 0.352 e. The van der Waals surface area contributed by atoms with Crippen molar-refractivity contribution in [2.24, 2.45) is 0 Å². The predicted octanol–water partition coefficient (Wildman–Crippen LogP) is 3.95. The number of amides is 2. The number of aryl methyl sites for hydroxylation is 1. The number of sulfonamides is 1. The van der Waals surface area contributed by atoms with E-state index in [1.54, 1.807) is 43.3 Å². The van der Waals surface area contributed by atoms with Crippen molar-refractivity contribution in [2.75, 3.05) is 25.0 Å². The van der Waals surface area contributed by atoms with Gasteiger partial charge in [-0.3, -0.25) is 9.59 Å². The number of nitrogens with zero attached hydrogens (tertiary/aromatic N) is 1. The van der Waals surface area contributed by atoms with Gasteiger partial charge in [-0.15, -0.1) is 0 Å². The molecule has 0 saturated carbocycles. The van der Waals surface area contributed by atoms with Gasteiger partial charge in [0.2, 0.25) is 10.0 Å². The zero-order valence-corrected chi connectivity index (χ0v) is 19.5. The molecule has 2 amide bonds. The third-order valence-electron chi connectivity index (χ3n) is 5.61. The van der Waals surface area contributed by atoms with Crippen molar-refractivity contribution in [2.45, 2.75) is 50.8 Å². The Labute approximate surface area is 190 Å². The SMILES string of the molecule is CCCNC(=O)c1ccccc1NC(=O)c1cc(S(=O)(=O)N2CCCCCC2)ccc1C. The first-order valence-electron chi connectivity index (χ1n) is 11.1. The van der Waals surface area contributed by atoms with Gasteiger partial charge in [-0.05, 0) is 56.0 Å². The average molecular weight is 458 g/mol. The van der Waals surface area contributed by atoms with Crippen LogP contribution in [0, 0.1) is 6.92 Å². The average Bonchev–Trinajstić information content (AvgIpc) is 3.08. The van der Waals surface area contributed by atoms with Gasteiger partial charge in [-0.25, -0.2) is 8.42 Å². The molecule has 2 N–H and O–H groups in total.